The van der Waals surface area contributed by atoms with E-state index < -0.39 is 6.04 Å². The SMILES string of the molecule is COC(=O)[C@@H]1[C@H](NC(C)(C)C)CCN1C(C)=O. The van der Waals surface area contributed by atoms with Crippen molar-refractivity contribution in [2.75, 3.05) is 13.7 Å². The first-order valence-electron chi connectivity index (χ1n) is 5.89. The number of nitrogens with one attached hydrogen (secondary N) is 1. The van der Waals surface area contributed by atoms with Crippen molar-refractivity contribution in [1.29, 1.82) is 0 Å². The van der Waals surface area contributed by atoms with E-state index in [4.69, 9.17) is 4.74 Å². The molecule has 0 aromatic heterocycles. The molecule has 0 radical (unpaired) electrons. The van der Waals surface area contributed by atoms with E-state index >= 15 is 0 Å². The standard InChI is InChI=1S/C12H22N2O3/c1-8(15)14-7-6-9(13-12(2,3)4)10(14)11(16)17-5/h9-10,13H,6-7H2,1-5H3/t9-,10+/m1/s1. The quantitative estimate of drug-likeness (QED) is 0.718. The van der Waals surface area contributed by atoms with E-state index in [0.29, 0.717) is 6.54 Å². The van der Waals surface area contributed by atoms with E-state index in [9.17, 15) is 9.59 Å². The highest BCUT2D eigenvalue weighted by atomic mass is 16.5. The van der Waals surface area contributed by atoms with Crippen molar-refractivity contribution in [3.63, 3.8) is 0 Å². The molecule has 0 bridgehead atoms. The first-order valence-corrected chi connectivity index (χ1v) is 5.89. The highest BCUT2D eigenvalue weighted by Crippen LogP contribution is 2.21. The van der Waals surface area contributed by atoms with Gasteiger partial charge in [0.2, 0.25) is 5.91 Å². The first kappa shape index (κ1) is 14.0. The molecule has 1 heterocycles. The molecule has 0 spiro atoms. The van der Waals surface area contributed by atoms with Crippen LogP contribution in [-0.2, 0) is 14.3 Å². The van der Waals surface area contributed by atoms with Gasteiger partial charge in [0.15, 0.2) is 0 Å². The van der Waals surface area contributed by atoms with Crippen LogP contribution in [0.15, 0.2) is 0 Å². The van der Waals surface area contributed by atoms with Gasteiger partial charge in [0.25, 0.3) is 0 Å². The Kier molecular flexibility index (Phi) is 4.14. The zero-order chi connectivity index (χ0) is 13.2. The minimum absolute atomic E-state index is 0.0358. The van der Waals surface area contributed by atoms with Crippen LogP contribution < -0.4 is 5.32 Å². The maximum atomic E-state index is 11.8. The van der Waals surface area contributed by atoms with Crippen molar-refractivity contribution < 1.29 is 14.3 Å². The second-order valence-electron chi connectivity index (χ2n) is 5.47. The van der Waals surface area contributed by atoms with Crippen LogP contribution in [0.25, 0.3) is 0 Å². The number of nitrogens with zero attached hydrogens (tertiary/aromatic N) is 1. The fourth-order valence-corrected chi connectivity index (χ4v) is 2.27. The molecule has 5 nitrogen and oxygen atoms in total. The second kappa shape index (κ2) is 5.04. The van der Waals surface area contributed by atoms with Gasteiger partial charge in [-0.3, -0.25) is 4.79 Å². The smallest absolute Gasteiger partial charge is 0.330 e. The van der Waals surface area contributed by atoms with Gasteiger partial charge in [-0.1, -0.05) is 0 Å². The number of likely N-dealkylation sites (tertiary alicyclic amines) is 1. The van der Waals surface area contributed by atoms with Crippen LogP contribution in [0.5, 0.6) is 0 Å². The Bertz CT molecular complexity index is 309. The Morgan fingerprint density at radius 2 is 1.94 bits per heavy atom. The molecule has 5 heteroatoms. The summed E-state index contributed by atoms with van der Waals surface area (Å²) in [6, 6.07) is -0.539. The van der Waals surface area contributed by atoms with Gasteiger partial charge in [0, 0.05) is 25.0 Å². The lowest BCUT2D eigenvalue weighted by molar-refractivity contribution is -0.151. The fourth-order valence-electron chi connectivity index (χ4n) is 2.27. The number of amides is 1. The van der Waals surface area contributed by atoms with E-state index in [0.717, 1.165) is 6.42 Å². The Balaban J connectivity index is 2.84. The van der Waals surface area contributed by atoms with Crippen molar-refractivity contribution in [2.45, 2.75) is 51.7 Å². The molecule has 1 amide bonds. The van der Waals surface area contributed by atoms with Gasteiger partial charge in [0.05, 0.1) is 7.11 Å². The molecule has 0 aliphatic carbocycles. The van der Waals surface area contributed by atoms with Gasteiger partial charge in [0.1, 0.15) is 6.04 Å². The van der Waals surface area contributed by atoms with Gasteiger partial charge in [-0.15, -0.1) is 0 Å². The summed E-state index contributed by atoms with van der Waals surface area (Å²) in [6.45, 7) is 8.20. The molecule has 0 aromatic carbocycles. The average Bonchev–Trinajstić information content (AvgIpc) is 2.57. The molecule has 1 N–H and O–H groups in total. The van der Waals surface area contributed by atoms with E-state index in [1.807, 2.05) is 20.8 Å². The lowest BCUT2D eigenvalue weighted by Crippen LogP contribution is -2.54. The van der Waals surface area contributed by atoms with E-state index in [1.54, 1.807) is 4.90 Å². The van der Waals surface area contributed by atoms with Gasteiger partial charge in [-0.05, 0) is 27.2 Å². The van der Waals surface area contributed by atoms with Crippen molar-refractivity contribution in [2.24, 2.45) is 0 Å². The Morgan fingerprint density at radius 1 is 1.35 bits per heavy atom. The maximum absolute atomic E-state index is 11.8. The maximum Gasteiger partial charge on any atom is 0.330 e. The highest BCUT2D eigenvalue weighted by molar-refractivity contribution is 5.84. The summed E-state index contributed by atoms with van der Waals surface area (Å²) in [5, 5.41) is 3.37. The molecule has 0 aromatic rings. The summed E-state index contributed by atoms with van der Waals surface area (Å²) in [5.74, 6) is -0.432. The lowest BCUT2D eigenvalue weighted by Gasteiger charge is -2.30. The summed E-state index contributed by atoms with van der Waals surface area (Å²) in [6.07, 6.45) is 0.774. The van der Waals surface area contributed by atoms with Crippen molar-refractivity contribution in [3.05, 3.63) is 0 Å². The highest BCUT2D eigenvalue weighted by Gasteiger charge is 2.42. The minimum Gasteiger partial charge on any atom is -0.467 e. The number of rotatable bonds is 2. The van der Waals surface area contributed by atoms with Crippen LogP contribution >= 0.6 is 0 Å². The Hall–Kier alpha value is -1.10. The van der Waals surface area contributed by atoms with Crippen LogP contribution in [-0.4, -0.2) is 48.1 Å². The van der Waals surface area contributed by atoms with Gasteiger partial charge in [-0.2, -0.15) is 0 Å². The van der Waals surface area contributed by atoms with Crippen LogP contribution in [0.4, 0.5) is 0 Å². The third-order valence-corrected chi connectivity index (χ3v) is 2.86. The molecule has 1 rings (SSSR count). The van der Waals surface area contributed by atoms with Crippen molar-refractivity contribution >= 4 is 11.9 Å². The summed E-state index contributed by atoms with van der Waals surface area (Å²) < 4.78 is 4.79. The van der Waals surface area contributed by atoms with Crippen molar-refractivity contribution in [1.82, 2.24) is 10.2 Å². The Labute approximate surface area is 102 Å². The van der Waals surface area contributed by atoms with Crippen LogP contribution in [0.1, 0.15) is 34.1 Å². The topological polar surface area (TPSA) is 58.6 Å². The van der Waals surface area contributed by atoms with Crippen LogP contribution in [0.2, 0.25) is 0 Å². The fraction of sp³-hybridized carbons (Fsp3) is 0.833. The molecule has 0 saturated carbocycles. The lowest BCUT2D eigenvalue weighted by atomic mass is 10.0. The number of hydrogen-bond acceptors (Lipinski definition) is 4. The molecular formula is C12H22N2O3. The zero-order valence-corrected chi connectivity index (χ0v) is 11.2. The van der Waals surface area contributed by atoms with Gasteiger partial charge >= 0.3 is 5.97 Å². The summed E-state index contributed by atoms with van der Waals surface area (Å²) >= 11 is 0. The predicted molar refractivity (Wildman–Crippen MR) is 64.5 cm³/mol. The Morgan fingerprint density at radius 3 is 2.35 bits per heavy atom. The number of ether oxygens (including phenoxy) is 1. The van der Waals surface area contributed by atoms with Gasteiger partial charge < -0.3 is 15.0 Å². The van der Waals surface area contributed by atoms with Crippen LogP contribution in [0, 0.1) is 0 Å². The molecule has 1 aliphatic heterocycles. The average molecular weight is 242 g/mol. The van der Waals surface area contributed by atoms with Crippen molar-refractivity contribution in [3.8, 4) is 0 Å². The minimum atomic E-state index is -0.503. The van der Waals surface area contributed by atoms with E-state index in [1.165, 1.54) is 14.0 Å². The molecule has 1 saturated heterocycles. The number of carbonyl (C=O) groups excluding carboxylic acids is 2. The molecule has 98 valence electrons. The largest absolute Gasteiger partial charge is 0.467 e. The molecule has 0 unspecified atom stereocenters. The second-order valence-corrected chi connectivity index (χ2v) is 5.47. The summed E-state index contributed by atoms with van der Waals surface area (Å²) in [7, 11) is 1.35. The third-order valence-electron chi connectivity index (χ3n) is 2.86. The first-order chi connectivity index (χ1) is 7.76. The molecular weight excluding hydrogens is 220 g/mol. The number of methoxy groups -OCH3 is 1. The molecule has 2 atom stereocenters. The number of carbonyl (C=O) groups is 2. The third kappa shape index (κ3) is 3.43. The molecule has 1 fully saturated rings. The summed E-state index contributed by atoms with van der Waals surface area (Å²) in [4.78, 5) is 24.8. The number of esters is 1. The summed E-state index contributed by atoms with van der Waals surface area (Å²) in [5.41, 5.74) is -0.0935. The monoisotopic (exact) mass is 242 g/mol. The normalized spacial score (nSPS) is 24.9. The number of hydrogen-bond donors (Lipinski definition) is 1. The van der Waals surface area contributed by atoms with Crippen LogP contribution in [0.3, 0.4) is 0 Å². The zero-order valence-electron chi connectivity index (χ0n) is 11.2. The predicted octanol–water partition coefficient (Wildman–Crippen LogP) is 0.537. The molecule has 17 heavy (non-hydrogen) atoms. The van der Waals surface area contributed by atoms with Gasteiger partial charge in [-0.25, -0.2) is 4.79 Å². The van der Waals surface area contributed by atoms with E-state index in [-0.39, 0.29) is 23.5 Å². The van der Waals surface area contributed by atoms with E-state index in [2.05, 4.69) is 5.32 Å². The molecule has 1 aliphatic rings.